The van der Waals surface area contributed by atoms with Crippen LogP contribution >= 0.6 is 0 Å². The number of rotatable bonds is 8. The number of carbonyl (C=O) groups is 1. The Kier molecular flexibility index (Phi) is 8.07. The highest BCUT2D eigenvalue weighted by Gasteiger charge is 2.36. The molecule has 0 saturated carbocycles. The molecule has 0 atom stereocenters. The van der Waals surface area contributed by atoms with E-state index in [9.17, 15) is 18.0 Å². The van der Waals surface area contributed by atoms with Gasteiger partial charge in [-0.25, -0.2) is 0 Å². The van der Waals surface area contributed by atoms with Gasteiger partial charge in [-0.1, -0.05) is 32.6 Å². The van der Waals surface area contributed by atoms with Crippen molar-refractivity contribution < 1.29 is 18.0 Å². The molecule has 0 aromatic rings. The van der Waals surface area contributed by atoms with E-state index in [0.29, 0.717) is 32.4 Å². The van der Waals surface area contributed by atoms with Crippen molar-refractivity contribution in [3.05, 3.63) is 0 Å². The van der Waals surface area contributed by atoms with Gasteiger partial charge in [0.05, 0.1) is 0 Å². The van der Waals surface area contributed by atoms with E-state index in [-0.39, 0.29) is 18.4 Å². The van der Waals surface area contributed by atoms with Crippen LogP contribution in [0.15, 0.2) is 0 Å². The third-order valence-electron chi connectivity index (χ3n) is 3.91. The van der Waals surface area contributed by atoms with Crippen molar-refractivity contribution in [1.82, 2.24) is 10.2 Å². The minimum atomic E-state index is -4.32. The third-order valence-corrected chi connectivity index (χ3v) is 3.91. The summed E-state index contributed by atoms with van der Waals surface area (Å²) >= 11 is 0. The maximum absolute atomic E-state index is 12.7. The Morgan fingerprint density at radius 3 is 2.33 bits per heavy atom. The molecule has 0 spiro atoms. The molecule has 0 bridgehead atoms. The van der Waals surface area contributed by atoms with Gasteiger partial charge in [0, 0.05) is 12.5 Å². The maximum Gasteiger partial charge on any atom is 0.406 e. The number of amides is 1. The van der Waals surface area contributed by atoms with E-state index in [1.165, 1.54) is 0 Å². The van der Waals surface area contributed by atoms with E-state index in [2.05, 4.69) is 12.2 Å². The molecule has 21 heavy (non-hydrogen) atoms. The van der Waals surface area contributed by atoms with Crippen molar-refractivity contribution >= 4 is 5.91 Å². The Bertz CT molecular complexity index is 302. The summed E-state index contributed by atoms with van der Waals surface area (Å²) in [5.41, 5.74) is 0. The van der Waals surface area contributed by atoms with Crippen LogP contribution < -0.4 is 5.32 Å². The van der Waals surface area contributed by atoms with Gasteiger partial charge in [0.2, 0.25) is 5.91 Å². The second-order valence-electron chi connectivity index (χ2n) is 5.78. The first-order valence-electron chi connectivity index (χ1n) is 8.01. The Morgan fingerprint density at radius 2 is 1.76 bits per heavy atom. The number of nitrogens with one attached hydrogen (secondary N) is 1. The van der Waals surface area contributed by atoms with Crippen molar-refractivity contribution in [2.24, 2.45) is 0 Å². The number of piperidine rings is 1. The fraction of sp³-hybridized carbons (Fsp3) is 0.933. The fourth-order valence-corrected chi connectivity index (χ4v) is 2.76. The van der Waals surface area contributed by atoms with E-state index < -0.39 is 12.7 Å². The van der Waals surface area contributed by atoms with E-state index in [1.807, 2.05) is 0 Å². The van der Waals surface area contributed by atoms with Crippen molar-refractivity contribution in [2.75, 3.05) is 19.6 Å². The molecule has 3 nitrogen and oxygen atoms in total. The van der Waals surface area contributed by atoms with Crippen LogP contribution in [0.25, 0.3) is 0 Å². The molecule has 0 aromatic carbocycles. The molecule has 1 amide bonds. The van der Waals surface area contributed by atoms with Crippen molar-refractivity contribution in [3.8, 4) is 0 Å². The minimum Gasteiger partial charge on any atom is -0.331 e. The summed E-state index contributed by atoms with van der Waals surface area (Å²) in [5.74, 6) is -0.337. The Balaban J connectivity index is 2.47. The normalized spacial score (nSPS) is 17.0. The molecule has 1 saturated heterocycles. The van der Waals surface area contributed by atoms with Gasteiger partial charge >= 0.3 is 6.18 Å². The van der Waals surface area contributed by atoms with Gasteiger partial charge in [0.1, 0.15) is 6.54 Å². The molecule has 0 aliphatic carbocycles. The van der Waals surface area contributed by atoms with E-state index in [4.69, 9.17) is 0 Å². The largest absolute Gasteiger partial charge is 0.406 e. The molecule has 1 heterocycles. The second-order valence-corrected chi connectivity index (χ2v) is 5.78. The first-order chi connectivity index (χ1) is 9.94. The Labute approximate surface area is 125 Å². The van der Waals surface area contributed by atoms with Crippen LogP contribution in [0, 0.1) is 0 Å². The SMILES string of the molecule is CCCCCCCC(=O)N(CC(F)(F)F)C1CCNCC1. The molecule has 6 heteroatoms. The quantitative estimate of drug-likeness (QED) is 0.696. The number of unbranched alkanes of at least 4 members (excludes halogenated alkanes) is 4. The van der Waals surface area contributed by atoms with Crippen LogP contribution in [0.1, 0.15) is 58.3 Å². The van der Waals surface area contributed by atoms with Crippen LogP contribution in [0.4, 0.5) is 13.2 Å². The zero-order chi connectivity index (χ0) is 15.7. The maximum atomic E-state index is 12.7. The summed E-state index contributed by atoms with van der Waals surface area (Å²) in [6, 6.07) is -0.268. The van der Waals surface area contributed by atoms with Gasteiger partial charge in [-0.15, -0.1) is 0 Å². The molecule has 1 aliphatic heterocycles. The lowest BCUT2D eigenvalue weighted by Crippen LogP contribution is -2.49. The average molecular weight is 308 g/mol. The predicted molar refractivity (Wildman–Crippen MR) is 77.0 cm³/mol. The van der Waals surface area contributed by atoms with Crippen molar-refractivity contribution in [2.45, 2.75) is 70.5 Å². The van der Waals surface area contributed by atoms with E-state index in [0.717, 1.165) is 30.6 Å². The van der Waals surface area contributed by atoms with E-state index >= 15 is 0 Å². The highest BCUT2D eigenvalue weighted by atomic mass is 19.4. The minimum absolute atomic E-state index is 0.240. The lowest BCUT2D eigenvalue weighted by Gasteiger charge is -2.35. The smallest absolute Gasteiger partial charge is 0.331 e. The summed E-state index contributed by atoms with van der Waals surface area (Å²) in [7, 11) is 0. The number of alkyl halides is 3. The molecule has 1 rings (SSSR count). The highest BCUT2D eigenvalue weighted by Crippen LogP contribution is 2.22. The monoisotopic (exact) mass is 308 g/mol. The Morgan fingerprint density at radius 1 is 1.14 bits per heavy atom. The first-order valence-corrected chi connectivity index (χ1v) is 8.01. The van der Waals surface area contributed by atoms with Crippen molar-refractivity contribution in [1.29, 1.82) is 0 Å². The first kappa shape index (κ1) is 18.3. The number of nitrogens with zero attached hydrogens (tertiary/aromatic N) is 1. The second kappa shape index (κ2) is 9.28. The highest BCUT2D eigenvalue weighted by molar-refractivity contribution is 5.76. The zero-order valence-corrected chi connectivity index (χ0v) is 12.8. The van der Waals surface area contributed by atoms with Gasteiger partial charge in [-0.2, -0.15) is 13.2 Å². The number of halogens is 3. The Hall–Kier alpha value is -0.780. The van der Waals surface area contributed by atoms with Gasteiger partial charge in [-0.05, 0) is 32.4 Å². The molecule has 0 radical (unpaired) electrons. The topological polar surface area (TPSA) is 32.3 Å². The molecule has 1 fully saturated rings. The summed E-state index contributed by atoms with van der Waals surface area (Å²) < 4.78 is 38.1. The van der Waals surface area contributed by atoms with Crippen LogP contribution in [0.3, 0.4) is 0 Å². The standard InChI is InChI=1S/C15H27F3N2O/c1-2-3-4-5-6-7-14(21)20(12-15(16,17)18)13-8-10-19-11-9-13/h13,19H,2-12H2,1H3. The van der Waals surface area contributed by atoms with E-state index in [1.54, 1.807) is 0 Å². The summed E-state index contributed by atoms with van der Waals surface area (Å²) in [4.78, 5) is 13.2. The third kappa shape index (κ3) is 7.69. The lowest BCUT2D eigenvalue weighted by atomic mass is 10.0. The summed E-state index contributed by atoms with van der Waals surface area (Å²) in [6.45, 7) is 2.37. The van der Waals surface area contributed by atoms with Gasteiger partial charge in [-0.3, -0.25) is 4.79 Å². The zero-order valence-electron chi connectivity index (χ0n) is 12.8. The fourth-order valence-electron chi connectivity index (χ4n) is 2.76. The average Bonchev–Trinajstić information content (AvgIpc) is 2.44. The number of hydrogen-bond donors (Lipinski definition) is 1. The van der Waals surface area contributed by atoms with Crippen LogP contribution in [0.5, 0.6) is 0 Å². The van der Waals surface area contributed by atoms with Gasteiger partial charge < -0.3 is 10.2 Å². The molecular weight excluding hydrogens is 281 g/mol. The molecule has 124 valence electrons. The molecule has 0 aromatic heterocycles. The molecule has 1 aliphatic rings. The van der Waals surface area contributed by atoms with Crippen LogP contribution in [-0.4, -0.2) is 42.7 Å². The van der Waals surface area contributed by atoms with Crippen LogP contribution in [0.2, 0.25) is 0 Å². The van der Waals surface area contributed by atoms with Crippen molar-refractivity contribution in [3.63, 3.8) is 0 Å². The lowest BCUT2D eigenvalue weighted by molar-refractivity contribution is -0.166. The van der Waals surface area contributed by atoms with Gasteiger partial charge in [0.25, 0.3) is 0 Å². The molecular formula is C15H27F3N2O. The predicted octanol–water partition coefficient (Wildman–Crippen LogP) is 3.49. The van der Waals surface area contributed by atoms with Crippen LogP contribution in [-0.2, 0) is 4.79 Å². The summed E-state index contributed by atoms with van der Waals surface area (Å²) in [6.07, 6.45) is 2.04. The molecule has 0 unspecified atom stereocenters. The molecule has 1 N–H and O–H groups in total. The number of hydrogen-bond acceptors (Lipinski definition) is 2. The number of carbonyl (C=O) groups excluding carboxylic acids is 1. The summed E-state index contributed by atoms with van der Waals surface area (Å²) in [5, 5.41) is 3.12. The van der Waals surface area contributed by atoms with Gasteiger partial charge in [0.15, 0.2) is 0 Å².